The molecule has 1 aliphatic heterocycles. The summed E-state index contributed by atoms with van der Waals surface area (Å²) in [4.78, 5) is 32.7. The molecule has 0 bridgehead atoms. The van der Waals surface area contributed by atoms with Crippen LogP contribution in [0.2, 0.25) is 0 Å². The first-order valence-electron chi connectivity index (χ1n) is 10.3. The van der Waals surface area contributed by atoms with Crippen LogP contribution in [0.25, 0.3) is 11.0 Å². The molecule has 158 valence electrons. The smallest absolute Gasteiger partial charge is 0.291 e. The summed E-state index contributed by atoms with van der Waals surface area (Å²) >= 11 is 0. The van der Waals surface area contributed by atoms with Crippen molar-refractivity contribution in [2.24, 2.45) is 0 Å². The zero-order valence-corrected chi connectivity index (χ0v) is 17.2. The molecule has 0 saturated carbocycles. The summed E-state index contributed by atoms with van der Waals surface area (Å²) in [5, 5.41) is 0.453. The highest BCUT2D eigenvalue weighted by Crippen LogP contribution is 2.39. The molecule has 0 fully saturated rings. The lowest BCUT2D eigenvalue weighted by Crippen LogP contribution is -2.29. The first-order chi connectivity index (χ1) is 15.7. The number of fused-ring (bicyclic) bond motifs is 2. The highest BCUT2D eigenvalue weighted by Gasteiger charge is 2.42. The van der Waals surface area contributed by atoms with Gasteiger partial charge in [0, 0.05) is 18.9 Å². The van der Waals surface area contributed by atoms with E-state index in [2.05, 4.69) is 11.6 Å². The number of amides is 1. The lowest BCUT2D eigenvalue weighted by Gasteiger charge is -2.25. The molecule has 0 aliphatic carbocycles. The maximum atomic E-state index is 13.5. The molecule has 0 N–H and O–H groups in total. The number of hydrogen-bond donors (Lipinski definition) is 0. The minimum absolute atomic E-state index is 0.0881. The Balaban J connectivity index is 1.69. The quantitative estimate of drug-likeness (QED) is 0.426. The van der Waals surface area contributed by atoms with Gasteiger partial charge in [-0.2, -0.15) is 0 Å². The topological polar surface area (TPSA) is 72.6 Å². The van der Waals surface area contributed by atoms with Gasteiger partial charge >= 0.3 is 0 Å². The number of ether oxygens (including phenoxy) is 1. The van der Waals surface area contributed by atoms with Crippen LogP contribution in [0.15, 0.2) is 94.9 Å². The molecule has 6 nitrogen and oxygen atoms in total. The summed E-state index contributed by atoms with van der Waals surface area (Å²) in [5.74, 6) is 0.407. The van der Waals surface area contributed by atoms with Crippen molar-refractivity contribution < 1.29 is 13.9 Å². The van der Waals surface area contributed by atoms with Gasteiger partial charge < -0.3 is 14.1 Å². The predicted molar refractivity (Wildman–Crippen MR) is 121 cm³/mol. The Morgan fingerprint density at radius 3 is 2.69 bits per heavy atom. The van der Waals surface area contributed by atoms with E-state index in [4.69, 9.17) is 9.15 Å². The van der Waals surface area contributed by atoms with E-state index in [9.17, 15) is 9.59 Å². The lowest BCUT2D eigenvalue weighted by molar-refractivity contribution is 0.0714. The van der Waals surface area contributed by atoms with Crippen LogP contribution >= 0.6 is 0 Å². The fourth-order valence-electron chi connectivity index (χ4n) is 4.09. The van der Waals surface area contributed by atoms with Crippen molar-refractivity contribution in [3.8, 4) is 5.75 Å². The van der Waals surface area contributed by atoms with Gasteiger partial charge in [0.1, 0.15) is 17.9 Å². The molecule has 32 heavy (non-hydrogen) atoms. The van der Waals surface area contributed by atoms with Gasteiger partial charge in [-0.05, 0) is 47.5 Å². The Bertz CT molecular complexity index is 1380. The zero-order chi connectivity index (χ0) is 22.1. The summed E-state index contributed by atoms with van der Waals surface area (Å²) < 4.78 is 11.7. The molecule has 5 rings (SSSR count). The molecule has 2 aromatic carbocycles. The number of aromatic nitrogens is 1. The monoisotopic (exact) mass is 424 g/mol. The average Bonchev–Trinajstić information content (AvgIpc) is 3.10. The Morgan fingerprint density at radius 1 is 1.06 bits per heavy atom. The number of pyridine rings is 1. The number of nitrogens with zero attached hydrogens (tertiary/aromatic N) is 2. The fourth-order valence-corrected chi connectivity index (χ4v) is 4.09. The number of para-hydroxylation sites is 1. The molecule has 0 radical (unpaired) electrons. The first kappa shape index (κ1) is 19.8. The Labute approximate surface area is 184 Å². The van der Waals surface area contributed by atoms with Gasteiger partial charge in [-0.25, -0.2) is 0 Å². The number of carbonyl (C=O) groups is 1. The molecule has 3 heterocycles. The van der Waals surface area contributed by atoms with Crippen molar-refractivity contribution in [2.75, 3.05) is 6.61 Å². The number of carbonyl (C=O) groups excluding carboxylic acids is 1. The SMILES string of the molecule is C=CCOc1cccc(C2c3c(oc4ccccc4c3=O)C(=O)N2Cc2ccncc2)c1. The van der Waals surface area contributed by atoms with E-state index in [0.29, 0.717) is 35.4 Å². The zero-order valence-electron chi connectivity index (χ0n) is 17.2. The van der Waals surface area contributed by atoms with E-state index in [1.165, 1.54) is 0 Å². The van der Waals surface area contributed by atoms with Crippen LogP contribution in [0.4, 0.5) is 0 Å². The number of rotatable bonds is 6. The van der Waals surface area contributed by atoms with Gasteiger partial charge in [0.25, 0.3) is 5.91 Å². The van der Waals surface area contributed by atoms with Gasteiger partial charge in [-0.3, -0.25) is 14.6 Å². The van der Waals surface area contributed by atoms with E-state index in [1.54, 1.807) is 47.6 Å². The summed E-state index contributed by atoms with van der Waals surface area (Å²) in [6.45, 7) is 4.35. The van der Waals surface area contributed by atoms with Crippen LogP contribution in [0, 0.1) is 0 Å². The van der Waals surface area contributed by atoms with Crippen LogP contribution in [0.5, 0.6) is 5.75 Å². The van der Waals surface area contributed by atoms with Crippen molar-refractivity contribution in [2.45, 2.75) is 12.6 Å². The predicted octanol–water partition coefficient (Wildman–Crippen LogP) is 4.50. The van der Waals surface area contributed by atoms with Gasteiger partial charge in [-0.1, -0.05) is 36.9 Å². The van der Waals surface area contributed by atoms with Crippen molar-refractivity contribution in [3.63, 3.8) is 0 Å². The molecule has 1 amide bonds. The van der Waals surface area contributed by atoms with Crippen LogP contribution in [0.1, 0.15) is 33.3 Å². The van der Waals surface area contributed by atoms with Gasteiger partial charge in [-0.15, -0.1) is 0 Å². The highest BCUT2D eigenvalue weighted by atomic mass is 16.5. The third-order valence-corrected chi connectivity index (χ3v) is 5.52. The third kappa shape index (κ3) is 3.36. The lowest BCUT2D eigenvalue weighted by atomic mass is 9.98. The molecule has 6 heteroatoms. The van der Waals surface area contributed by atoms with Gasteiger partial charge in [0.15, 0.2) is 5.43 Å². The Morgan fingerprint density at radius 2 is 1.88 bits per heavy atom. The highest BCUT2D eigenvalue weighted by molar-refractivity contribution is 5.99. The largest absolute Gasteiger partial charge is 0.490 e. The van der Waals surface area contributed by atoms with Crippen molar-refractivity contribution in [1.82, 2.24) is 9.88 Å². The van der Waals surface area contributed by atoms with Crippen LogP contribution in [-0.4, -0.2) is 22.4 Å². The van der Waals surface area contributed by atoms with E-state index in [-0.39, 0.29) is 17.1 Å². The van der Waals surface area contributed by atoms with E-state index in [0.717, 1.165) is 11.1 Å². The minimum Gasteiger partial charge on any atom is -0.490 e. The first-order valence-corrected chi connectivity index (χ1v) is 10.3. The molecule has 1 atom stereocenters. The fraction of sp³-hybridized carbons (Fsp3) is 0.115. The molecule has 0 saturated heterocycles. The average molecular weight is 424 g/mol. The van der Waals surface area contributed by atoms with Crippen molar-refractivity contribution in [1.29, 1.82) is 0 Å². The Kier molecular flexibility index (Phi) is 5.03. The molecule has 4 aromatic rings. The second-order valence-corrected chi connectivity index (χ2v) is 7.53. The van der Waals surface area contributed by atoms with Crippen LogP contribution in [0.3, 0.4) is 0 Å². The van der Waals surface area contributed by atoms with E-state index < -0.39 is 6.04 Å². The molecular formula is C26H20N2O4. The van der Waals surface area contributed by atoms with Crippen LogP contribution in [-0.2, 0) is 6.54 Å². The molecule has 1 aliphatic rings. The summed E-state index contributed by atoms with van der Waals surface area (Å²) in [7, 11) is 0. The maximum absolute atomic E-state index is 13.5. The number of hydrogen-bond acceptors (Lipinski definition) is 5. The molecule has 2 aromatic heterocycles. The van der Waals surface area contributed by atoms with E-state index >= 15 is 0 Å². The van der Waals surface area contributed by atoms with Crippen molar-refractivity contribution in [3.05, 3.63) is 118 Å². The summed E-state index contributed by atoms with van der Waals surface area (Å²) in [6, 6.07) is 17.5. The summed E-state index contributed by atoms with van der Waals surface area (Å²) in [6.07, 6.45) is 5.02. The maximum Gasteiger partial charge on any atom is 0.291 e. The molecule has 1 unspecified atom stereocenters. The second-order valence-electron chi connectivity index (χ2n) is 7.53. The second kappa shape index (κ2) is 8.15. The normalized spacial score (nSPS) is 15.1. The van der Waals surface area contributed by atoms with Gasteiger partial charge in [0.2, 0.25) is 5.76 Å². The summed E-state index contributed by atoms with van der Waals surface area (Å²) in [5.41, 5.74) is 2.23. The standard InChI is InChI=1S/C26H20N2O4/c1-2-14-31-19-7-5-6-18(15-19)23-22-24(29)20-8-3-4-9-21(20)32-25(22)26(30)28(23)16-17-10-12-27-13-11-17/h2-13,15,23H,1,14,16H2. The third-order valence-electron chi connectivity index (χ3n) is 5.52. The minimum atomic E-state index is -0.598. The number of benzene rings is 2. The molecule has 0 spiro atoms. The Hall–Kier alpha value is -4.19. The van der Waals surface area contributed by atoms with E-state index in [1.807, 2.05) is 36.4 Å². The van der Waals surface area contributed by atoms with Gasteiger partial charge in [0.05, 0.1) is 17.0 Å². The van der Waals surface area contributed by atoms with Crippen LogP contribution < -0.4 is 10.2 Å². The molecular weight excluding hydrogens is 404 g/mol. The van der Waals surface area contributed by atoms with Crippen molar-refractivity contribution >= 4 is 16.9 Å².